The quantitative estimate of drug-likeness (QED) is 0.444. The van der Waals surface area contributed by atoms with Gasteiger partial charge in [0, 0.05) is 18.8 Å². The van der Waals surface area contributed by atoms with Crippen LogP contribution in [0.15, 0.2) is 59.8 Å². The Balaban J connectivity index is 1.44. The molecule has 0 radical (unpaired) electrons. The van der Waals surface area contributed by atoms with Crippen molar-refractivity contribution >= 4 is 28.7 Å². The van der Waals surface area contributed by atoms with E-state index in [0.29, 0.717) is 13.2 Å². The van der Waals surface area contributed by atoms with Gasteiger partial charge in [-0.3, -0.25) is 4.79 Å². The minimum Gasteiger partial charge on any atom is -0.493 e. The number of imidazole rings is 1. The van der Waals surface area contributed by atoms with Crippen LogP contribution in [0, 0.1) is 0 Å². The number of likely N-dealkylation sites (tertiary alicyclic amines) is 1. The first kappa shape index (κ1) is 18.9. The SMILES string of the molecule is O=C(Cn1c(SCCOc2ccccc2)nc2ccccc21)N1CCCCC1. The first-order chi connectivity index (χ1) is 13.8. The molecule has 1 saturated heterocycles. The molecule has 0 spiro atoms. The Morgan fingerprint density at radius 3 is 2.57 bits per heavy atom. The maximum Gasteiger partial charge on any atom is 0.242 e. The predicted octanol–water partition coefficient (Wildman–Crippen LogP) is 4.22. The second-order valence-electron chi connectivity index (χ2n) is 6.92. The Bertz CT molecular complexity index is 920. The lowest BCUT2D eigenvalue weighted by atomic mass is 10.1. The summed E-state index contributed by atoms with van der Waals surface area (Å²) in [6.07, 6.45) is 3.43. The second kappa shape index (κ2) is 9.15. The van der Waals surface area contributed by atoms with E-state index in [1.807, 2.05) is 59.5 Å². The average Bonchev–Trinajstić information content (AvgIpc) is 3.10. The van der Waals surface area contributed by atoms with E-state index in [-0.39, 0.29) is 5.91 Å². The number of piperidine rings is 1. The molecular weight excluding hydrogens is 370 g/mol. The van der Waals surface area contributed by atoms with Gasteiger partial charge in [0.2, 0.25) is 5.91 Å². The van der Waals surface area contributed by atoms with E-state index in [9.17, 15) is 4.79 Å². The van der Waals surface area contributed by atoms with Gasteiger partial charge in [-0.05, 0) is 43.5 Å². The third-order valence-corrected chi connectivity index (χ3v) is 5.89. The Labute approximate surface area is 169 Å². The van der Waals surface area contributed by atoms with Crippen molar-refractivity contribution in [3.63, 3.8) is 0 Å². The molecule has 0 aliphatic carbocycles. The summed E-state index contributed by atoms with van der Waals surface area (Å²) >= 11 is 1.64. The van der Waals surface area contributed by atoms with Crippen LogP contribution in [0.4, 0.5) is 0 Å². The predicted molar refractivity (Wildman–Crippen MR) is 113 cm³/mol. The van der Waals surface area contributed by atoms with Gasteiger partial charge in [-0.15, -0.1) is 0 Å². The van der Waals surface area contributed by atoms with Gasteiger partial charge in [0.15, 0.2) is 5.16 Å². The van der Waals surface area contributed by atoms with Gasteiger partial charge in [0.1, 0.15) is 12.3 Å². The number of amides is 1. The van der Waals surface area contributed by atoms with Crippen molar-refractivity contribution in [3.8, 4) is 5.75 Å². The van der Waals surface area contributed by atoms with Crippen molar-refractivity contribution in [2.45, 2.75) is 31.0 Å². The molecule has 1 aliphatic heterocycles. The summed E-state index contributed by atoms with van der Waals surface area (Å²) < 4.78 is 7.84. The molecule has 3 aromatic rings. The Kier molecular flexibility index (Phi) is 6.17. The molecule has 0 unspecified atom stereocenters. The van der Waals surface area contributed by atoms with E-state index in [1.54, 1.807) is 11.8 Å². The fraction of sp³-hybridized carbons (Fsp3) is 0.364. The van der Waals surface area contributed by atoms with E-state index < -0.39 is 0 Å². The molecular formula is C22H25N3O2S. The lowest BCUT2D eigenvalue weighted by molar-refractivity contribution is -0.132. The normalized spacial score (nSPS) is 14.4. The van der Waals surface area contributed by atoms with Gasteiger partial charge in [0.25, 0.3) is 0 Å². The lowest BCUT2D eigenvalue weighted by Crippen LogP contribution is -2.37. The van der Waals surface area contributed by atoms with Crippen molar-refractivity contribution in [2.24, 2.45) is 0 Å². The van der Waals surface area contributed by atoms with Crippen molar-refractivity contribution in [3.05, 3.63) is 54.6 Å². The van der Waals surface area contributed by atoms with E-state index >= 15 is 0 Å². The zero-order valence-corrected chi connectivity index (χ0v) is 16.7. The Hall–Kier alpha value is -2.47. The molecule has 0 bridgehead atoms. The van der Waals surface area contributed by atoms with Crippen LogP contribution in [0.5, 0.6) is 5.75 Å². The molecule has 146 valence electrons. The highest BCUT2D eigenvalue weighted by molar-refractivity contribution is 7.99. The van der Waals surface area contributed by atoms with Crippen molar-refractivity contribution in [1.82, 2.24) is 14.5 Å². The van der Waals surface area contributed by atoms with Crippen LogP contribution in [0.3, 0.4) is 0 Å². The number of thioether (sulfide) groups is 1. The molecule has 6 heteroatoms. The number of ether oxygens (including phenoxy) is 1. The molecule has 0 saturated carbocycles. The van der Waals surface area contributed by atoms with E-state index in [2.05, 4.69) is 4.57 Å². The monoisotopic (exact) mass is 395 g/mol. The molecule has 28 heavy (non-hydrogen) atoms. The summed E-state index contributed by atoms with van der Waals surface area (Å²) in [5.41, 5.74) is 1.94. The fourth-order valence-corrected chi connectivity index (χ4v) is 4.34. The standard InChI is InChI=1S/C22H25N3O2S/c26-21(24-13-7-2-8-14-24)17-25-20-12-6-5-11-19(20)23-22(25)28-16-15-27-18-9-3-1-4-10-18/h1,3-6,9-12H,2,7-8,13-17H2. The molecule has 1 aliphatic rings. The van der Waals surface area contributed by atoms with Crippen molar-refractivity contribution < 1.29 is 9.53 Å². The average molecular weight is 396 g/mol. The van der Waals surface area contributed by atoms with Crippen LogP contribution < -0.4 is 4.74 Å². The van der Waals surface area contributed by atoms with Gasteiger partial charge >= 0.3 is 0 Å². The number of hydrogen-bond donors (Lipinski definition) is 0. The summed E-state index contributed by atoms with van der Waals surface area (Å²) in [7, 11) is 0. The number of rotatable bonds is 7. The number of nitrogens with zero attached hydrogens (tertiary/aromatic N) is 3. The fourth-order valence-electron chi connectivity index (χ4n) is 3.50. The number of para-hydroxylation sites is 3. The maximum absolute atomic E-state index is 12.8. The molecule has 0 atom stereocenters. The number of hydrogen-bond acceptors (Lipinski definition) is 4. The van der Waals surface area contributed by atoms with Crippen LogP contribution >= 0.6 is 11.8 Å². The molecule has 1 aromatic heterocycles. The summed E-state index contributed by atoms with van der Waals surface area (Å²) in [6.45, 7) is 2.69. The van der Waals surface area contributed by atoms with E-state index in [1.165, 1.54) is 6.42 Å². The summed E-state index contributed by atoms with van der Waals surface area (Å²) in [4.78, 5) is 19.6. The molecule has 5 nitrogen and oxygen atoms in total. The number of aromatic nitrogens is 2. The van der Waals surface area contributed by atoms with Gasteiger partial charge in [-0.2, -0.15) is 0 Å². The smallest absolute Gasteiger partial charge is 0.242 e. The van der Waals surface area contributed by atoms with Gasteiger partial charge in [-0.25, -0.2) is 4.98 Å². The zero-order chi connectivity index (χ0) is 19.2. The lowest BCUT2D eigenvalue weighted by Gasteiger charge is -2.27. The number of carbonyl (C=O) groups excluding carboxylic acids is 1. The third-order valence-electron chi connectivity index (χ3n) is 4.95. The first-order valence-electron chi connectivity index (χ1n) is 9.85. The molecule has 4 rings (SSSR count). The van der Waals surface area contributed by atoms with E-state index in [4.69, 9.17) is 9.72 Å². The van der Waals surface area contributed by atoms with E-state index in [0.717, 1.165) is 53.6 Å². The second-order valence-corrected chi connectivity index (χ2v) is 7.98. The number of carbonyl (C=O) groups is 1. The van der Waals surface area contributed by atoms with Crippen LogP contribution in [-0.2, 0) is 11.3 Å². The van der Waals surface area contributed by atoms with Crippen LogP contribution in [0.1, 0.15) is 19.3 Å². The number of benzene rings is 2. The van der Waals surface area contributed by atoms with Gasteiger partial charge in [-0.1, -0.05) is 42.1 Å². The van der Waals surface area contributed by atoms with Gasteiger partial charge in [0.05, 0.1) is 17.6 Å². The molecule has 2 heterocycles. The molecule has 0 N–H and O–H groups in total. The maximum atomic E-state index is 12.8. The summed E-state index contributed by atoms with van der Waals surface area (Å²) in [6, 6.07) is 17.8. The largest absolute Gasteiger partial charge is 0.493 e. The minimum atomic E-state index is 0.185. The highest BCUT2D eigenvalue weighted by atomic mass is 32.2. The van der Waals surface area contributed by atoms with Crippen molar-refractivity contribution in [1.29, 1.82) is 0 Å². The molecule has 1 amide bonds. The molecule has 1 fully saturated rings. The molecule has 2 aromatic carbocycles. The highest BCUT2D eigenvalue weighted by Gasteiger charge is 2.20. The van der Waals surface area contributed by atoms with Crippen LogP contribution in [-0.4, -0.2) is 45.8 Å². The van der Waals surface area contributed by atoms with Crippen LogP contribution in [0.2, 0.25) is 0 Å². The first-order valence-corrected chi connectivity index (χ1v) is 10.8. The minimum absolute atomic E-state index is 0.185. The third kappa shape index (κ3) is 4.50. The topological polar surface area (TPSA) is 47.4 Å². The van der Waals surface area contributed by atoms with Crippen LogP contribution in [0.25, 0.3) is 11.0 Å². The number of fused-ring (bicyclic) bond motifs is 1. The summed E-state index contributed by atoms with van der Waals surface area (Å²) in [5, 5.41) is 0.878. The van der Waals surface area contributed by atoms with Crippen molar-refractivity contribution in [2.75, 3.05) is 25.4 Å². The zero-order valence-electron chi connectivity index (χ0n) is 15.9. The van der Waals surface area contributed by atoms with Gasteiger partial charge < -0.3 is 14.2 Å². The summed E-state index contributed by atoms with van der Waals surface area (Å²) in [5.74, 6) is 1.83. The highest BCUT2D eigenvalue weighted by Crippen LogP contribution is 2.25. The Morgan fingerprint density at radius 2 is 1.75 bits per heavy atom. The Morgan fingerprint density at radius 1 is 1.00 bits per heavy atom.